The SMILES string of the molecule is CCNC(=NCc1cccc(OCC)c1)NCCc1ccco1. The summed E-state index contributed by atoms with van der Waals surface area (Å²) in [4.78, 5) is 4.61. The number of nitrogens with zero attached hydrogens (tertiary/aromatic N) is 1. The van der Waals surface area contributed by atoms with Crippen LogP contribution in [0, 0.1) is 0 Å². The average Bonchev–Trinajstić information content (AvgIpc) is 3.07. The van der Waals surface area contributed by atoms with Gasteiger partial charge in [-0.1, -0.05) is 12.1 Å². The van der Waals surface area contributed by atoms with E-state index in [0.717, 1.165) is 42.5 Å². The lowest BCUT2D eigenvalue weighted by Gasteiger charge is -2.11. The van der Waals surface area contributed by atoms with Gasteiger partial charge in [-0.15, -0.1) is 0 Å². The van der Waals surface area contributed by atoms with Gasteiger partial charge in [-0.05, 0) is 43.7 Å². The van der Waals surface area contributed by atoms with Crippen molar-refractivity contribution in [2.75, 3.05) is 19.7 Å². The van der Waals surface area contributed by atoms with E-state index in [0.29, 0.717) is 13.2 Å². The molecule has 0 aliphatic heterocycles. The first-order valence-corrected chi connectivity index (χ1v) is 8.08. The molecule has 1 heterocycles. The molecule has 0 spiro atoms. The molecular weight excluding hydrogens is 290 g/mol. The van der Waals surface area contributed by atoms with E-state index in [1.807, 2.05) is 37.3 Å². The standard InChI is InChI=1S/C18H25N3O2/c1-3-19-18(20-11-10-16-9-6-12-23-16)21-14-15-7-5-8-17(13-15)22-4-2/h5-9,12-13H,3-4,10-11,14H2,1-2H3,(H2,19,20,21). The third-order valence-corrected chi connectivity index (χ3v) is 3.22. The third-order valence-electron chi connectivity index (χ3n) is 3.22. The average molecular weight is 315 g/mol. The van der Waals surface area contributed by atoms with Gasteiger partial charge < -0.3 is 19.8 Å². The highest BCUT2D eigenvalue weighted by Crippen LogP contribution is 2.13. The van der Waals surface area contributed by atoms with Crippen LogP contribution < -0.4 is 15.4 Å². The second kappa shape index (κ2) is 9.56. The summed E-state index contributed by atoms with van der Waals surface area (Å²) in [6, 6.07) is 11.9. The number of hydrogen-bond acceptors (Lipinski definition) is 3. The van der Waals surface area contributed by atoms with Crippen LogP contribution in [0.15, 0.2) is 52.1 Å². The number of rotatable bonds is 8. The number of benzene rings is 1. The first-order chi connectivity index (χ1) is 11.3. The van der Waals surface area contributed by atoms with Gasteiger partial charge in [0.1, 0.15) is 11.5 Å². The molecule has 0 fully saturated rings. The maximum absolute atomic E-state index is 5.52. The van der Waals surface area contributed by atoms with Crippen LogP contribution in [-0.2, 0) is 13.0 Å². The number of hydrogen-bond donors (Lipinski definition) is 2. The molecule has 23 heavy (non-hydrogen) atoms. The van der Waals surface area contributed by atoms with Crippen molar-refractivity contribution in [3.05, 3.63) is 54.0 Å². The summed E-state index contributed by atoms with van der Waals surface area (Å²) < 4.78 is 10.8. The molecule has 5 heteroatoms. The third kappa shape index (κ3) is 6.06. The van der Waals surface area contributed by atoms with E-state index in [1.54, 1.807) is 6.26 Å². The quantitative estimate of drug-likeness (QED) is 0.581. The van der Waals surface area contributed by atoms with Gasteiger partial charge >= 0.3 is 0 Å². The van der Waals surface area contributed by atoms with Crippen molar-refractivity contribution in [3.63, 3.8) is 0 Å². The number of nitrogens with one attached hydrogen (secondary N) is 2. The van der Waals surface area contributed by atoms with Gasteiger partial charge in [0, 0.05) is 19.5 Å². The van der Waals surface area contributed by atoms with Crippen LogP contribution in [0.1, 0.15) is 25.2 Å². The first kappa shape index (κ1) is 16.9. The molecule has 0 saturated heterocycles. The zero-order chi connectivity index (χ0) is 16.3. The van der Waals surface area contributed by atoms with Crippen molar-refractivity contribution in [2.24, 2.45) is 4.99 Å². The molecule has 5 nitrogen and oxygen atoms in total. The van der Waals surface area contributed by atoms with E-state index in [9.17, 15) is 0 Å². The summed E-state index contributed by atoms with van der Waals surface area (Å²) in [5.41, 5.74) is 1.12. The molecule has 2 N–H and O–H groups in total. The van der Waals surface area contributed by atoms with Crippen molar-refractivity contribution < 1.29 is 9.15 Å². The number of guanidine groups is 1. The first-order valence-electron chi connectivity index (χ1n) is 8.08. The molecule has 0 saturated carbocycles. The lowest BCUT2D eigenvalue weighted by Crippen LogP contribution is -2.38. The zero-order valence-corrected chi connectivity index (χ0v) is 13.8. The molecular formula is C18H25N3O2. The normalized spacial score (nSPS) is 11.3. The molecule has 2 rings (SSSR count). The number of furan rings is 1. The second-order valence-corrected chi connectivity index (χ2v) is 5.03. The topological polar surface area (TPSA) is 58.8 Å². The Morgan fingerprint density at radius 1 is 1.17 bits per heavy atom. The van der Waals surface area contributed by atoms with Crippen molar-refractivity contribution >= 4 is 5.96 Å². The Balaban J connectivity index is 1.88. The summed E-state index contributed by atoms with van der Waals surface area (Å²) in [6.45, 7) is 6.92. The van der Waals surface area contributed by atoms with Crippen molar-refractivity contribution in [3.8, 4) is 5.75 Å². The fourth-order valence-electron chi connectivity index (χ4n) is 2.17. The number of ether oxygens (including phenoxy) is 1. The summed E-state index contributed by atoms with van der Waals surface area (Å²) in [7, 11) is 0. The van der Waals surface area contributed by atoms with Crippen LogP contribution in [0.2, 0.25) is 0 Å². The molecule has 0 aliphatic rings. The maximum Gasteiger partial charge on any atom is 0.191 e. The van der Waals surface area contributed by atoms with Gasteiger partial charge in [-0.3, -0.25) is 0 Å². The Morgan fingerprint density at radius 2 is 2.09 bits per heavy atom. The summed E-state index contributed by atoms with van der Waals surface area (Å²) in [5.74, 6) is 2.66. The summed E-state index contributed by atoms with van der Waals surface area (Å²) in [5, 5.41) is 6.57. The van der Waals surface area contributed by atoms with E-state index >= 15 is 0 Å². The van der Waals surface area contributed by atoms with Crippen LogP contribution in [0.3, 0.4) is 0 Å². The monoisotopic (exact) mass is 315 g/mol. The van der Waals surface area contributed by atoms with E-state index in [1.165, 1.54) is 0 Å². The largest absolute Gasteiger partial charge is 0.494 e. The van der Waals surface area contributed by atoms with Crippen molar-refractivity contribution in [1.82, 2.24) is 10.6 Å². The van der Waals surface area contributed by atoms with E-state index in [-0.39, 0.29) is 0 Å². The minimum atomic E-state index is 0.608. The minimum Gasteiger partial charge on any atom is -0.494 e. The maximum atomic E-state index is 5.52. The molecule has 0 aliphatic carbocycles. The lowest BCUT2D eigenvalue weighted by atomic mass is 10.2. The molecule has 0 amide bonds. The molecule has 1 aromatic carbocycles. The molecule has 1 aromatic heterocycles. The summed E-state index contributed by atoms with van der Waals surface area (Å²) >= 11 is 0. The van der Waals surface area contributed by atoms with Crippen LogP contribution in [-0.4, -0.2) is 25.7 Å². The molecule has 0 atom stereocenters. The Bertz CT molecular complexity index is 594. The van der Waals surface area contributed by atoms with Crippen LogP contribution in [0.4, 0.5) is 0 Å². The van der Waals surface area contributed by atoms with Crippen LogP contribution in [0.5, 0.6) is 5.75 Å². The lowest BCUT2D eigenvalue weighted by molar-refractivity contribution is 0.340. The smallest absolute Gasteiger partial charge is 0.191 e. The van der Waals surface area contributed by atoms with Gasteiger partial charge in [-0.25, -0.2) is 4.99 Å². The Morgan fingerprint density at radius 3 is 2.83 bits per heavy atom. The van der Waals surface area contributed by atoms with Crippen molar-refractivity contribution in [2.45, 2.75) is 26.8 Å². The van der Waals surface area contributed by atoms with Gasteiger partial charge in [0.25, 0.3) is 0 Å². The molecule has 2 aromatic rings. The minimum absolute atomic E-state index is 0.608. The fourth-order valence-corrected chi connectivity index (χ4v) is 2.17. The predicted octanol–water partition coefficient (Wildman–Crippen LogP) is 2.98. The molecule has 0 radical (unpaired) electrons. The Hall–Kier alpha value is -2.43. The summed E-state index contributed by atoms with van der Waals surface area (Å²) in [6.07, 6.45) is 2.53. The Labute approximate surface area is 137 Å². The van der Waals surface area contributed by atoms with Gasteiger partial charge in [-0.2, -0.15) is 0 Å². The highest BCUT2D eigenvalue weighted by molar-refractivity contribution is 5.79. The van der Waals surface area contributed by atoms with Gasteiger partial charge in [0.05, 0.1) is 19.4 Å². The second-order valence-electron chi connectivity index (χ2n) is 5.03. The highest BCUT2D eigenvalue weighted by atomic mass is 16.5. The van der Waals surface area contributed by atoms with Crippen molar-refractivity contribution in [1.29, 1.82) is 0 Å². The highest BCUT2D eigenvalue weighted by Gasteiger charge is 2.00. The molecule has 124 valence electrons. The van der Waals surface area contributed by atoms with Crippen LogP contribution >= 0.6 is 0 Å². The number of aliphatic imine (C=N–C) groups is 1. The predicted molar refractivity (Wildman–Crippen MR) is 92.8 cm³/mol. The van der Waals surface area contributed by atoms with E-state index in [2.05, 4.69) is 28.6 Å². The van der Waals surface area contributed by atoms with Crippen LogP contribution in [0.25, 0.3) is 0 Å². The van der Waals surface area contributed by atoms with Gasteiger partial charge in [0.15, 0.2) is 5.96 Å². The van der Waals surface area contributed by atoms with E-state index in [4.69, 9.17) is 9.15 Å². The van der Waals surface area contributed by atoms with Gasteiger partial charge in [0.2, 0.25) is 0 Å². The Kier molecular flexibility index (Phi) is 7.04. The zero-order valence-electron chi connectivity index (χ0n) is 13.8. The fraction of sp³-hybridized carbons (Fsp3) is 0.389. The molecule has 0 unspecified atom stereocenters. The van der Waals surface area contributed by atoms with E-state index < -0.39 is 0 Å². The molecule has 0 bridgehead atoms.